The average Bonchev–Trinajstić information content (AvgIpc) is 3.66. The Hall–Kier alpha value is -5.10. The number of hydrogen-bond acceptors (Lipinski definition) is 6. The van der Waals surface area contributed by atoms with Gasteiger partial charge in [0.05, 0.1) is 5.56 Å². The molecule has 2 heterocycles. The molecule has 0 bridgehead atoms. The Morgan fingerprint density at radius 2 is 1.08 bits per heavy atom. The van der Waals surface area contributed by atoms with Gasteiger partial charge >= 0.3 is 0 Å². The molecule has 0 saturated heterocycles. The second-order valence-electron chi connectivity index (χ2n) is 8.45. The molecule has 36 heavy (non-hydrogen) atoms. The van der Waals surface area contributed by atoms with E-state index < -0.39 is 0 Å². The summed E-state index contributed by atoms with van der Waals surface area (Å²) in [6.45, 7) is 0. The minimum atomic E-state index is 0.497. The molecule has 0 aliphatic carbocycles. The Kier molecular flexibility index (Phi) is 4.67. The summed E-state index contributed by atoms with van der Waals surface area (Å²) < 4.78 is 11.2. The molecule has 0 atom stereocenters. The topological polar surface area (TPSA) is 77.8 Å². The molecule has 0 spiro atoms. The Balaban J connectivity index is 1.47. The first-order valence-corrected chi connectivity index (χ1v) is 11.6. The maximum atomic E-state index is 5.84. The second-order valence-corrected chi connectivity index (χ2v) is 8.45. The summed E-state index contributed by atoms with van der Waals surface area (Å²) in [6.07, 6.45) is 1.34. The zero-order chi connectivity index (χ0) is 23.9. The van der Waals surface area contributed by atoms with Gasteiger partial charge in [-0.15, -0.1) is 10.2 Å². The van der Waals surface area contributed by atoms with Crippen LogP contribution in [0.5, 0.6) is 0 Å². The van der Waals surface area contributed by atoms with Crippen molar-refractivity contribution in [3.8, 4) is 45.4 Å². The van der Waals surface area contributed by atoms with E-state index in [1.165, 1.54) is 6.39 Å². The van der Waals surface area contributed by atoms with Gasteiger partial charge in [0.2, 0.25) is 18.1 Å². The largest absolute Gasteiger partial charge is 0.423 e. The molecule has 170 valence electrons. The number of hydrogen-bond donors (Lipinski definition) is 0. The van der Waals surface area contributed by atoms with Crippen molar-refractivity contribution < 1.29 is 8.94 Å². The molecule has 0 N–H and O–H groups in total. The van der Waals surface area contributed by atoms with Gasteiger partial charge in [-0.2, -0.15) is 4.98 Å². The fourth-order valence-corrected chi connectivity index (χ4v) is 4.78. The summed E-state index contributed by atoms with van der Waals surface area (Å²) in [5.74, 6) is 1.57. The summed E-state index contributed by atoms with van der Waals surface area (Å²) >= 11 is 0. The molecule has 7 aromatic rings. The standard InChI is InChI=1S/C30H18N4O2/c1-2-8-20(9-3-1)28-32-30(36-34-28)27-24-12-6-4-10-22(24)26(23-11-5-7-13-25(23)27)19-14-16-21(17-15-19)29-33-31-18-35-29/h1-18H. The molecule has 0 saturated carbocycles. The van der Waals surface area contributed by atoms with Crippen LogP contribution in [0.25, 0.3) is 67.0 Å². The highest BCUT2D eigenvalue weighted by Crippen LogP contribution is 2.43. The van der Waals surface area contributed by atoms with E-state index in [-0.39, 0.29) is 0 Å². The maximum absolute atomic E-state index is 5.84. The number of aromatic nitrogens is 4. The van der Waals surface area contributed by atoms with Crippen molar-refractivity contribution in [3.63, 3.8) is 0 Å². The molecule has 0 aliphatic heterocycles. The number of nitrogens with zero attached hydrogens (tertiary/aromatic N) is 4. The van der Waals surface area contributed by atoms with Crippen molar-refractivity contribution in [1.82, 2.24) is 20.3 Å². The molecular formula is C30H18N4O2. The normalized spacial score (nSPS) is 11.3. The van der Waals surface area contributed by atoms with Crippen LogP contribution in [0.4, 0.5) is 0 Å². The molecule has 0 radical (unpaired) electrons. The highest BCUT2D eigenvalue weighted by molar-refractivity contribution is 6.20. The Bertz CT molecular complexity index is 1770. The molecule has 6 nitrogen and oxygen atoms in total. The van der Waals surface area contributed by atoms with Gasteiger partial charge in [0.1, 0.15) is 0 Å². The quantitative estimate of drug-likeness (QED) is 0.251. The molecular weight excluding hydrogens is 448 g/mol. The predicted octanol–water partition coefficient (Wildman–Crippen LogP) is 7.43. The molecule has 0 amide bonds. The van der Waals surface area contributed by atoms with Crippen molar-refractivity contribution in [2.24, 2.45) is 0 Å². The minimum absolute atomic E-state index is 0.497. The predicted molar refractivity (Wildman–Crippen MR) is 139 cm³/mol. The Morgan fingerprint density at radius 1 is 0.500 bits per heavy atom. The summed E-state index contributed by atoms with van der Waals surface area (Å²) in [7, 11) is 0. The monoisotopic (exact) mass is 466 g/mol. The van der Waals surface area contributed by atoms with E-state index in [9.17, 15) is 0 Å². The molecule has 0 fully saturated rings. The SMILES string of the molecule is c1ccc(-c2noc(-c3c4ccccc4c(-c4ccc(-c5nnco5)cc4)c4ccccc34)n2)cc1. The van der Waals surface area contributed by atoms with Crippen LogP contribution in [0, 0.1) is 0 Å². The third-order valence-corrected chi connectivity index (χ3v) is 6.38. The fraction of sp³-hybridized carbons (Fsp3) is 0. The first-order valence-electron chi connectivity index (χ1n) is 11.6. The summed E-state index contributed by atoms with van der Waals surface area (Å²) in [6, 6.07) is 34.7. The second kappa shape index (κ2) is 8.29. The molecule has 0 aliphatic rings. The van der Waals surface area contributed by atoms with Gasteiger partial charge in [-0.05, 0) is 44.8 Å². The lowest BCUT2D eigenvalue weighted by Crippen LogP contribution is -1.91. The molecule has 6 heteroatoms. The smallest absolute Gasteiger partial charge is 0.259 e. The van der Waals surface area contributed by atoms with Crippen LogP contribution in [-0.4, -0.2) is 20.3 Å². The number of rotatable bonds is 4. The molecule has 7 rings (SSSR count). The summed E-state index contributed by atoms with van der Waals surface area (Å²) in [5.41, 5.74) is 4.96. The van der Waals surface area contributed by atoms with Crippen LogP contribution in [0.2, 0.25) is 0 Å². The lowest BCUT2D eigenvalue weighted by Gasteiger charge is -2.15. The van der Waals surface area contributed by atoms with Crippen LogP contribution in [-0.2, 0) is 0 Å². The summed E-state index contributed by atoms with van der Waals surface area (Å²) in [5, 5.41) is 16.4. The van der Waals surface area contributed by atoms with Crippen molar-refractivity contribution in [2.45, 2.75) is 0 Å². The maximum Gasteiger partial charge on any atom is 0.259 e. The van der Waals surface area contributed by atoms with Crippen LogP contribution in [0.3, 0.4) is 0 Å². The molecule has 5 aromatic carbocycles. The highest BCUT2D eigenvalue weighted by atomic mass is 16.5. The minimum Gasteiger partial charge on any atom is -0.423 e. The Labute approximate surface area is 205 Å². The Morgan fingerprint density at radius 3 is 1.69 bits per heavy atom. The van der Waals surface area contributed by atoms with Crippen molar-refractivity contribution in [2.75, 3.05) is 0 Å². The first kappa shape index (κ1) is 20.3. The third-order valence-electron chi connectivity index (χ3n) is 6.38. The van der Waals surface area contributed by atoms with Crippen LogP contribution in [0.1, 0.15) is 0 Å². The van der Waals surface area contributed by atoms with E-state index in [2.05, 4.69) is 63.9 Å². The third kappa shape index (κ3) is 3.27. The first-order chi connectivity index (χ1) is 17.9. The van der Waals surface area contributed by atoms with Crippen molar-refractivity contribution in [1.29, 1.82) is 0 Å². The lowest BCUT2D eigenvalue weighted by atomic mass is 9.88. The summed E-state index contributed by atoms with van der Waals surface area (Å²) in [4.78, 5) is 4.79. The van der Waals surface area contributed by atoms with Gasteiger partial charge in [-0.1, -0.05) is 96.2 Å². The van der Waals surface area contributed by atoms with Gasteiger partial charge < -0.3 is 8.94 Å². The van der Waals surface area contributed by atoms with Gasteiger partial charge in [0, 0.05) is 11.1 Å². The average molecular weight is 467 g/mol. The number of fused-ring (bicyclic) bond motifs is 2. The van der Waals surface area contributed by atoms with Crippen molar-refractivity contribution in [3.05, 3.63) is 110 Å². The van der Waals surface area contributed by atoms with E-state index >= 15 is 0 Å². The number of benzene rings is 5. The van der Waals surface area contributed by atoms with Gasteiger partial charge in [-0.3, -0.25) is 0 Å². The van der Waals surface area contributed by atoms with Gasteiger partial charge in [0.25, 0.3) is 5.89 Å². The van der Waals surface area contributed by atoms with E-state index in [1.54, 1.807) is 0 Å². The van der Waals surface area contributed by atoms with E-state index in [0.717, 1.165) is 49.4 Å². The van der Waals surface area contributed by atoms with E-state index in [4.69, 9.17) is 13.9 Å². The molecule has 2 aromatic heterocycles. The zero-order valence-electron chi connectivity index (χ0n) is 19.0. The zero-order valence-corrected chi connectivity index (χ0v) is 19.0. The van der Waals surface area contributed by atoms with Crippen LogP contribution >= 0.6 is 0 Å². The lowest BCUT2D eigenvalue weighted by molar-refractivity contribution is 0.433. The van der Waals surface area contributed by atoms with Gasteiger partial charge in [0.15, 0.2) is 0 Å². The highest BCUT2D eigenvalue weighted by Gasteiger charge is 2.20. The van der Waals surface area contributed by atoms with E-state index in [0.29, 0.717) is 17.6 Å². The molecule has 0 unspecified atom stereocenters. The van der Waals surface area contributed by atoms with Crippen LogP contribution in [0.15, 0.2) is 118 Å². The van der Waals surface area contributed by atoms with Gasteiger partial charge in [-0.25, -0.2) is 0 Å². The van der Waals surface area contributed by atoms with Crippen LogP contribution < -0.4 is 0 Å². The van der Waals surface area contributed by atoms with Crippen molar-refractivity contribution >= 4 is 21.5 Å². The fourth-order valence-electron chi connectivity index (χ4n) is 4.78. The van der Waals surface area contributed by atoms with E-state index in [1.807, 2.05) is 54.6 Å².